The summed E-state index contributed by atoms with van der Waals surface area (Å²) in [5, 5.41) is 2.54. The zero-order chi connectivity index (χ0) is 13.2. The van der Waals surface area contributed by atoms with E-state index in [0.29, 0.717) is 17.4 Å². The molecule has 3 unspecified atom stereocenters. The molecule has 1 N–H and O–H groups in total. The summed E-state index contributed by atoms with van der Waals surface area (Å²) in [6, 6.07) is 0. The standard InChI is InChI=1S/C10H12BIN5OP/c11-16-9-8-10(14-4-13-9)17(5-15-8)7-2-1-6(18-7)3-19-12/h4-7,19H,1-3H2,(H,13,14,16). The average Bonchev–Trinajstić information content (AvgIpc) is 3.04. The van der Waals surface area contributed by atoms with Gasteiger partial charge in [0.1, 0.15) is 23.9 Å². The molecule has 1 aliphatic heterocycles. The van der Waals surface area contributed by atoms with E-state index >= 15 is 0 Å². The molecule has 2 aromatic heterocycles. The Hall–Kier alpha value is -0.465. The Labute approximate surface area is 126 Å². The zero-order valence-electron chi connectivity index (χ0n) is 10.1. The van der Waals surface area contributed by atoms with Crippen LogP contribution in [0.5, 0.6) is 0 Å². The molecule has 9 heteroatoms. The lowest BCUT2D eigenvalue weighted by Gasteiger charge is -2.14. The third-order valence-corrected chi connectivity index (χ3v) is 5.13. The van der Waals surface area contributed by atoms with Gasteiger partial charge in [0.05, 0.1) is 12.4 Å². The Bertz CT molecular complexity index is 582. The summed E-state index contributed by atoms with van der Waals surface area (Å²) in [6.45, 7) is 0. The van der Waals surface area contributed by atoms with Crippen molar-refractivity contribution in [2.45, 2.75) is 25.2 Å². The predicted molar refractivity (Wildman–Crippen MR) is 85.0 cm³/mol. The molecule has 3 rings (SSSR count). The van der Waals surface area contributed by atoms with Crippen LogP contribution in [-0.2, 0) is 4.74 Å². The number of anilines is 1. The van der Waals surface area contributed by atoms with Gasteiger partial charge >= 0.3 is 0 Å². The van der Waals surface area contributed by atoms with Crippen molar-refractivity contribution in [1.82, 2.24) is 19.5 Å². The molecule has 0 aromatic carbocycles. The normalized spacial score (nSPS) is 23.6. The van der Waals surface area contributed by atoms with Gasteiger partial charge in [-0.05, 0) is 12.8 Å². The fourth-order valence-corrected chi connectivity index (χ4v) is 4.24. The van der Waals surface area contributed by atoms with Crippen molar-refractivity contribution in [1.29, 1.82) is 0 Å². The molecule has 98 valence electrons. The number of nitrogens with zero attached hydrogens (tertiary/aromatic N) is 4. The summed E-state index contributed by atoms with van der Waals surface area (Å²) in [4.78, 5) is 12.6. The summed E-state index contributed by atoms with van der Waals surface area (Å²) < 4.78 is 8.01. The van der Waals surface area contributed by atoms with Gasteiger partial charge in [-0.3, -0.25) is 4.57 Å². The third kappa shape index (κ3) is 2.58. The molecule has 0 spiro atoms. The molecule has 19 heavy (non-hydrogen) atoms. The van der Waals surface area contributed by atoms with Crippen LogP contribution in [0.15, 0.2) is 12.7 Å². The Morgan fingerprint density at radius 1 is 1.47 bits per heavy atom. The number of hydrogen-bond donors (Lipinski definition) is 1. The third-order valence-electron chi connectivity index (χ3n) is 3.20. The lowest BCUT2D eigenvalue weighted by atomic mass is 10.2. The van der Waals surface area contributed by atoms with Gasteiger partial charge in [0.25, 0.3) is 0 Å². The number of imidazole rings is 1. The van der Waals surface area contributed by atoms with E-state index in [1.54, 1.807) is 6.33 Å². The quantitative estimate of drug-likeness (QED) is 0.495. The maximum atomic E-state index is 6.04. The van der Waals surface area contributed by atoms with E-state index in [4.69, 9.17) is 12.7 Å². The SMILES string of the molecule is [B]Nc1ncnc2c1ncn2C1CCC(CPI)O1. The highest BCUT2D eigenvalue weighted by Crippen LogP contribution is 2.35. The van der Waals surface area contributed by atoms with E-state index in [0.717, 1.165) is 30.9 Å². The number of halogens is 1. The van der Waals surface area contributed by atoms with Crippen LogP contribution in [-0.4, -0.2) is 39.8 Å². The van der Waals surface area contributed by atoms with Crippen LogP contribution in [0.2, 0.25) is 0 Å². The smallest absolute Gasteiger partial charge is 0.224 e. The van der Waals surface area contributed by atoms with Crippen molar-refractivity contribution in [2.24, 2.45) is 0 Å². The van der Waals surface area contributed by atoms with Crippen LogP contribution >= 0.6 is 28.3 Å². The Morgan fingerprint density at radius 2 is 2.37 bits per heavy atom. The molecular weight excluding hydrogens is 375 g/mol. The number of ether oxygens (including phenoxy) is 1. The van der Waals surface area contributed by atoms with Gasteiger partial charge in [0.15, 0.2) is 5.65 Å². The van der Waals surface area contributed by atoms with Crippen LogP contribution in [0.1, 0.15) is 19.1 Å². The number of nitrogens with one attached hydrogen (secondary N) is 1. The fourth-order valence-electron chi connectivity index (χ4n) is 2.30. The minimum absolute atomic E-state index is 0.0169. The van der Waals surface area contributed by atoms with E-state index in [9.17, 15) is 0 Å². The fraction of sp³-hybridized carbons (Fsp3) is 0.500. The van der Waals surface area contributed by atoms with E-state index < -0.39 is 0 Å². The first-order valence-corrected chi connectivity index (χ1v) is 10.3. The Morgan fingerprint density at radius 3 is 3.16 bits per heavy atom. The zero-order valence-corrected chi connectivity index (χ0v) is 13.2. The lowest BCUT2D eigenvalue weighted by Crippen LogP contribution is -2.12. The first-order chi connectivity index (χ1) is 9.33. The molecule has 1 saturated heterocycles. The maximum Gasteiger partial charge on any atom is 0.224 e. The monoisotopic (exact) mass is 387 g/mol. The highest BCUT2D eigenvalue weighted by molar-refractivity contribution is 14.2. The van der Waals surface area contributed by atoms with Crippen LogP contribution in [0.25, 0.3) is 11.2 Å². The molecule has 3 atom stereocenters. The summed E-state index contributed by atoms with van der Waals surface area (Å²) >= 11 is 2.41. The second-order valence-corrected chi connectivity index (χ2v) is 7.28. The van der Waals surface area contributed by atoms with Crippen molar-refractivity contribution in [3.63, 3.8) is 0 Å². The van der Waals surface area contributed by atoms with Crippen molar-refractivity contribution in [2.75, 3.05) is 11.4 Å². The Kier molecular flexibility index (Phi) is 4.19. The molecule has 0 amide bonds. The number of aromatic nitrogens is 4. The van der Waals surface area contributed by atoms with Gasteiger partial charge in [-0.25, -0.2) is 15.0 Å². The highest BCUT2D eigenvalue weighted by atomic mass is 127. The molecule has 2 radical (unpaired) electrons. The second kappa shape index (κ2) is 5.89. The van der Waals surface area contributed by atoms with Crippen LogP contribution in [0, 0.1) is 0 Å². The predicted octanol–water partition coefficient (Wildman–Crippen LogP) is 2.03. The van der Waals surface area contributed by atoms with Crippen LogP contribution in [0.3, 0.4) is 0 Å². The van der Waals surface area contributed by atoms with Gasteiger partial charge in [-0.1, -0.05) is 28.3 Å². The number of hydrogen-bond acceptors (Lipinski definition) is 5. The van der Waals surface area contributed by atoms with E-state index in [1.807, 2.05) is 4.57 Å². The van der Waals surface area contributed by atoms with E-state index in [1.165, 1.54) is 6.33 Å². The van der Waals surface area contributed by atoms with Gasteiger partial charge in [-0.2, -0.15) is 0 Å². The molecule has 1 aliphatic rings. The molecule has 6 nitrogen and oxygen atoms in total. The van der Waals surface area contributed by atoms with E-state index in [2.05, 4.69) is 42.2 Å². The first kappa shape index (κ1) is 13.5. The lowest BCUT2D eigenvalue weighted by molar-refractivity contribution is 0.0152. The largest absolute Gasteiger partial charge is 0.421 e. The van der Waals surface area contributed by atoms with Crippen molar-refractivity contribution >= 4 is 53.2 Å². The second-order valence-electron chi connectivity index (χ2n) is 4.32. The van der Waals surface area contributed by atoms with Crippen molar-refractivity contribution < 1.29 is 4.74 Å². The summed E-state index contributed by atoms with van der Waals surface area (Å²) in [6.07, 6.45) is 7.70. The van der Waals surface area contributed by atoms with Gasteiger partial charge in [0.2, 0.25) is 7.98 Å². The van der Waals surface area contributed by atoms with Crippen molar-refractivity contribution in [3.8, 4) is 0 Å². The summed E-state index contributed by atoms with van der Waals surface area (Å²) in [5.74, 6) is 0.534. The number of rotatable bonds is 4. The summed E-state index contributed by atoms with van der Waals surface area (Å²) in [5.41, 5.74) is 1.43. The topological polar surface area (TPSA) is 64.9 Å². The molecule has 2 aromatic rings. The molecule has 3 heterocycles. The Balaban J connectivity index is 1.90. The van der Waals surface area contributed by atoms with Crippen LogP contribution in [0.4, 0.5) is 5.82 Å². The van der Waals surface area contributed by atoms with E-state index in [-0.39, 0.29) is 6.23 Å². The number of fused-ring (bicyclic) bond motifs is 1. The highest BCUT2D eigenvalue weighted by Gasteiger charge is 2.27. The maximum absolute atomic E-state index is 6.04. The minimum atomic E-state index is 0.0169. The molecule has 0 aliphatic carbocycles. The van der Waals surface area contributed by atoms with Gasteiger partial charge in [-0.15, -0.1) is 0 Å². The molecule has 0 saturated carbocycles. The van der Waals surface area contributed by atoms with Gasteiger partial charge < -0.3 is 9.96 Å². The summed E-state index contributed by atoms with van der Waals surface area (Å²) in [7, 11) is 5.42. The minimum Gasteiger partial charge on any atom is -0.421 e. The average molecular weight is 387 g/mol. The molecule has 1 fully saturated rings. The first-order valence-electron chi connectivity index (χ1n) is 5.96. The molecular formula is C10H12BIN5OP. The van der Waals surface area contributed by atoms with Gasteiger partial charge in [0, 0.05) is 6.16 Å². The van der Waals surface area contributed by atoms with Crippen LogP contribution < -0.4 is 5.23 Å². The molecule has 0 bridgehead atoms. The van der Waals surface area contributed by atoms with Crippen molar-refractivity contribution in [3.05, 3.63) is 12.7 Å².